The summed E-state index contributed by atoms with van der Waals surface area (Å²) in [5.41, 5.74) is 1.97. The Morgan fingerprint density at radius 2 is 1.95 bits per heavy atom. The molecule has 0 aliphatic carbocycles. The molecule has 4 nitrogen and oxygen atoms in total. The number of nitrogens with zero attached hydrogens (tertiary/aromatic N) is 1. The van der Waals surface area contributed by atoms with Crippen LogP contribution in [0.1, 0.15) is 16.8 Å². The van der Waals surface area contributed by atoms with E-state index in [0.717, 1.165) is 5.56 Å². The van der Waals surface area contributed by atoms with Gasteiger partial charge in [-0.2, -0.15) is 0 Å². The summed E-state index contributed by atoms with van der Waals surface area (Å²) in [6.07, 6.45) is 1.29. The highest BCUT2D eigenvalue weighted by atomic mass is 35.5. The van der Waals surface area contributed by atoms with Gasteiger partial charge in [0, 0.05) is 16.7 Å². The first-order chi connectivity index (χ1) is 10.5. The average Bonchev–Trinajstić information content (AvgIpc) is 2.49. The van der Waals surface area contributed by atoms with Crippen LogP contribution < -0.4 is 5.63 Å². The van der Waals surface area contributed by atoms with Gasteiger partial charge in [-0.25, -0.2) is 9.78 Å². The number of fused-ring (bicyclic) bond motifs is 1. The number of benzene rings is 2. The lowest BCUT2D eigenvalue weighted by Crippen LogP contribution is -2.06. The van der Waals surface area contributed by atoms with Crippen LogP contribution in [0.2, 0.25) is 5.02 Å². The molecule has 1 N–H and O–H groups in total. The third-order valence-electron chi connectivity index (χ3n) is 3.18. The maximum Gasteiger partial charge on any atom is 0.362 e. The van der Waals surface area contributed by atoms with Crippen molar-refractivity contribution in [2.45, 2.75) is 6.92 Å². The summed E-state index contributed by atoms with van der Waals surface area (Å²) < 4.78 is 5.21. The van der Waals surface area contributed by atoms with Crippen molar-refractivity contribution >= 4 is 34.5 Å². The smallest absolute Gasteiger partial charge is 0.362 e. The molecular formula is C17H12ClNO3. The molecule has 3 rings (SSSR count). The van der Waals surface area contributed by atoms with E-state index in [1.165, 1.54) is 6.08 Å². The van der Waals surface area contributed by atoms with Gasteiger partial charge < -0.3 is 9.52 Å². The quantitative estimate of drug-likeness (QED) is 0.720. The maximum absolute atomic E-state index is 11.9. The van der Waals surface area contributed by atoms with Crippen molar-refractivity contribution in [1.29, 1.82) is 0 Å². The Morgan fingerprint density at radius 1 is 1.23 bits per heavy atom. The van der Waals surface area contributed by atoms with Crippen molar-refractivity contribution in [2.75, 3.05) is 0 Å². The third kappa shape index (κ3) is 2.87. The summed E-state index contributed by atoms with van der Waals surface area (Å²) in [7, 11) is 0. The van der Waals surface area contributed by atoms with Crippen molar-refractivity contribution in [2.24, 2.45) is 0 Å². The van der Waals surface area contributed by atoms with Crippen molar-refractivity contribution < 1.29 is 9.52 Å². The van der Waals surface area contributed by atoms with Gasteiger partial charge in [0.15, 0.2) is 11.3 Å². The van der Waals surface area contributed by atoms with E-state index in [9.17, 15) is 9.90 Å². The predicted octanol–water partition coefficient (Wildman–Crippen LogP) is 4.21. The molecule has 0 aliphatic heterocycles. The monoisotopic (exact) mass is 313 g/mol. The van der Waals surface area contributed by atoms with Crippen LogP contribution in [0, 0.1) is 6.92 Å². The van der Waals surface area contributed by atoms with Gasteiger partial charge in [0.2, 0.25) is 0 Å². The third-order valence-corrected chi connectivity index (χ3v) is 3.43. The molecule has 22 heavy (non-hydrogen) atoms. The molecule has 0 atom stereocenters. The minimum absolute atomic E-state index is 0.0468. The number of aryl methyl sites for hydroxylation is 1. The largest absolute Gasteiger partial charge is 0.507 e. The first-order valence-corrected chi connectivity index (χ1v) is 6.99. The SMILES string of the molecule is Cc1ccc2oc(=O)c(C=C(O)c3ccc(Cl)cc3)nc2c1. The van der Waals surface area contributed by atoms with Crippen LogP contribution in [0.4, 0.5) is 0 Å². The number of halogens is 1. The summed E-state index contributed by atoms with van der Waals surface area (Å²) in [6, 6.07) is 12.0. The average molecular weight is 314 g/mol. The van der Waals surface area contributed by atoms with E-state index in [2.05, 4.69) is 4.98 Å². The van der Waals surface area contributed by atoms with Crippen LogP contribution in [0.15, 0.2) is 51.7 Å². The fraction of sp³-hybridized carbons (Fsp3) is 0.0588. The van der Waals surface area contributed by atoms with Crippen LogP contribution in [-0.2, 0) is 0 Å². The molecule has 0 saturated heterocycles. The van der Waals surface area contributed by atoms with Gasteiger partial charge in [-0.3, -0.25) is 0 Å². The van der Waals surface area contributed by atoms with Crippen molar-refractivity contribution in [1.82, 2.24) is 4.98 Å². The van der Waals surface area contributed by atoms with Gasteiger partial charge in [-0.1, -0.05) is 17.7 Å². The lowest BCUT2D eigenvalue weighted by Gasteiger charge is -2.02. The first kappa shape index (κ1) is 14.4. The number of hydrogen-bond donors (Lipinski definition) is 1. The zero-order valence-electron chi connectivity index (χ0n) is 11.7. The Hall–Kier alpha value is -2.59. The molecule has 0 spiro atoms. The van der Waals surface area contributed by atoms with Crippen molar-refractivity contribution in [3.05, 3.63) is 74.7 Å². The van der Waals surface area contributed by atoms with Crippen LogP contribution in [-0.4, -0.2) is 10.1 Å². The fourth-order valence-corrected chi connectivity index (χ4v) is 2.18. The minimum Gasteiger partial charge on any atom is -0.507 e. The highest BCUT2D eigenvalue weighted by molar-refractivity contribution is 6.30. The molecule has 0 radical (unpaired) electrons. The normalized spacial score (nSPS) is 11.8. The molecule has 0 aliphatic rings. The number of hydrogen-bond acceptors (Lipinski definition) is 4. The number of aliphatic hydroxyl groups is 1. The minimum atomic E-state index is -0.600. The van der Waals surface area contributed by atoms with Gasteiger partial charge in [0.25, 0.3) is 0 Å². The van der Waals surface area contributed by atoms with Gasteiger partial charge in [0.05, 0.1) is 0 Å². The molecule has 0 fully saturated rings. The summed E-state index contributed by atoms with van der Waals surface area (Å²) in [4.78, 5) is 16.2. The molecule has 3 aromatic rings. The Morgan fingerprint density at radius 3 is 2.68 bits per heavy atom. The van der Waals surface area contributed by atoms with Crippen LogP contribution in [0.25, 0.3) is 22.9 Å². The van der Waals surface area contributed by atoms with E-state index < -0.39 is 5.63 Å². The predicted molar refractivity (Wildman–Crippen MR) is 87.0 cm³/mol. The maximum atomic E-state index is 11.9. The van der Waals surface area contributed by atoms with Crippen molar-refractivity contribution in [3.8, 4) is 0 Å². The van der Waals surface area contributed by atoms with E-state index in [1.807, 2.05) is 19.1 Å². The second kappa shape index (κ2) is 5.66. The topological polar surface area (TPSA) is 63.3 Å². The van der Waals surface area contributed by atoms with Crippen LogP contribution >= 0.6 is 11.6 Å². The second-order valence-electron chi connectivity index (χ2n) is 4.89. The summed E-state index contributed by atoms with van der Waals surface area (Å²) in [5, 5.41) is 10.7. The molecule has 0 unspecified atom stereocenters. The summed E-state index contributed by atoms with van der Waals surface area (Å²) in [5.74, 6) is -0.0801. The molecule has 0 bridgehead atoms. The Bertz CT molecular complexity index is 927. The molecule has 0 amide bonds. The zero-order valence-corrected chi connectivity index (χ0v) is 12.5. The lowest BCUT2D eigenvalue weighted by molar-refractivity contribution is 0.514. The highest BCUT2D eigenvalue weighted by Crippen LogP contribution is 2.18. The summed E-state index contributed by atoms with van der Waals surface area (Å²) >= 11 is 5.80. The van der Waals surface area contributed by atoms with Crippen molar-refractivity contribution in [3.63, 3.8) is 0 Å². The molecule has 1 heterocycles. The lowest BCUT2D eigenvalue weighted by atomic mass is 10.1. The fourth-order valence-electron chi connectivity index (χ4n) is 2.05. The standard InChI is InChI=1S/C17H12ClNO3/c1-10-2-7-16-13(8-10)19-14(17(21)22-16)9-15(20)11-3-5-12(18)6-4-11/h2-9,20H,1H3. The highest BCUT2D eigenvalue weighted by Gasteiger charge is 2.08. The number of aliphatic hydroxyl groups excluding tert-OH is 1. The van der Waals surface area contributed by atoms with Crippen LogP contribution in [0.3, 0.4) is 0 Å². The molecule has 5 heteroatoms. The van der Waals surface area contributed by atoms with E-state index in [4.69, 9.17) is 16.0 Å². The van der Waals surface area contributed by atoms with E-state index in [1.54, 1.807) is 30.3 Å². The molecular weight excluding hydrogens is 302 g/mol. The molecule has 110 valence electrons. The van der Waals surface area contributed by atoms with Gasteiger partial charge >= 0.3 is 5.63 Å². The summed E-state index contributed by atoms with van der Waals surface area (Å²) in [6.45, 7) is 1.92. The van der Waals surface area contributed by atoms with E-state index >= 15 is 0 Å². The zero-order chi connectivity index (χ0) is 15.7. The van der Waals surface area contributed by atoms with E-state index in [-0.39, 0.29) is 11.5 Å². The Labute approximate surface area is 131 Å². The van der Waals surface area contributed by atoms with Gasteiger partial charge in [-0.05, 0) is 48.9 Å². The molecule has 1 aromatic heterocycles. The van der Waals surface area contributed by atoms with E-state index in [0.29, 0.717) is 21.7 Å². The Kier molecular flexibility index (Phi) is 3.69. The molecule has 2 aromatic carbocycles. The first-order valence-electron chi connectivity index (χ1n) is 6.61. The van der Waals surface area contributed by atoms with Gasteiger partial charge in [-0.15, -0.1) is 0 Å². The second-order valence-corrected chi connectivity index (χ2v) is 5.33. The Balaban J connectivity index is 2.09. The molecule has 0 saturated carbocycles. The number of aromatic nitrogens is 1. The van der Waals surface area contributed by atoms with Crippen LogP contribution in [0.5, 0.6) is 0 Å². The van der Waals surface area contributed by atoms with Gasteiger partial charge in [0.1, 0.15) is 11.3 Å². The number of rotatable bonds is 2.